The van der Waals surface area contributed by atoms with Crippen molar-refractivity contribution in [2.75, 3.05) is 18.1 Å². The number of methoxy groups -OCH3 is 1. The Labute approximate surface area is 118 Å². The van der Waals surface area contributed by atoms with Gasteiger partial charge in [-0.1, -0.05) is 47.6 Å². The van der Waals surface area contributed by atoms with Gasteiger partial charge in [-0.3, -0.25) is 0 Å². The molecule has 0 amide bonds. The van der Waals surface area contributed by atoms with Gasteiger partial charge in [0.05, 0.1) is 13.7 Å². The molecule has 1 aromatic rings. The zero-order valence-electron chi connectivity index (χ0n) is 10.5. The van der Waals surface area contributed by atoms with Crippen LogP contribution in [-0.2, 0) is 11.3 Å². The quantitative estimate of drug-likeness (QED) is 0.378. The summed E-state index contributed by atoms with van der Waals surface area (Å²) in [5.74, 6) is 0.896. The summed E-state index contributed by atoms with van der Waals surface area (Å²) in [6.07, 6.45) is 5.12. The van der Waals surface area contributed by atoms with E-state index in [2.05, 4.69) is 34.7 Å². The van der Waals surface area contributed by atoms with Gasteiger partial charge in [-0.05, 0) is 35.0 Å². The van der Waals surface area contributed by atoms with Crippen LogP contribution in [0.1, 0.15) is 31.2 Å². The Morgan fingerprint density at radius 1 is 1.00 bits per heavy atom. The summed E-state index contributed by atoms with van der Waals surface area (Å²) in [4.78, 5) is 0. The van der Waals surface area contributed by atoms with Gasteiger partial charge >= 0.3 is 0 Å². The SMILES string of the molecule is COc1ccc(COCCCCCCI)cc1. The van der Waals surface area contributed by atoms with Crippen LogP contribution < -0.4 is 4.74 Å². The highest BCUT2D eigenvalue weighted by Crippen LogP contribution is 2.12. The second-order valence-electron chi connectivity index (χ2n) is 4.00. The summed E-state index contributed by atoms with van der Waals surface area (Å²) in [7, 11) is 1.68. The maximum atomic E-state index is 5.63. The van der Waals surface area contributed by atoms with E-state index < -0.39 is 0 Å². The van der Waals surface area contributed by atoms with Crippen molar-refractivity contribution in [2.24, 2.45) is 0 Å². The predicted molar refractivity (Wildman–Crippen MR) is 80.0 cm³/mol. The molecule has 2 nitrogen and oxygen atoms in total. The van der Waals surface area contributed by atoms with Crippen molar-refractivity contribution in [3.05, 3.63) is 29.8 Å². The zero-order valence-corrected chi connectivity index (χ0v) is 12.6. The van der Waals surface area contributed by atoms with Crippen molar-refractivity contribution in [3.8, 4) is 5.75 Å². The van der Waals surface area contributed by atoms with Crippen LogP contribution in [0.4, 0.5) is 0 Å². The lowest BCUT2D eigenvalue weighted by Gasteiger charge is -2.05. The lowest BCUT2D eigenvalue weighted by molar-refractivity contribution is 0.117. The fourth-order valence-electron chi connectivity index (χ4n) is 1.56. The standard InChI is InChI=1S/C14H21IO2/c1-16-14-8-6-13(7-9-14)12-17-11-5-3-2-4-10-15/h6-9H,2-5,10-12H2,1H3. The molecule has 0 unspecified atom stereocenters. The van der Waals surface area contributed by atoms with Crippen LogP contribution in [0, 0.1) is 0 Å². The number of rotatable bonds is 9. The van der Waals surface area contributed by atoms with E-state index in [0.717, 1.165) is 12.4 Å². The van der Waals surface area contributed by atoms with Crippen LogP contribution in [0.5, 0.6) is 5.75 Å². The van der Waals surface area contributed by atoms with E-state index >= 15 is 0 Å². The minimum absolute atomic E-state index is 0.705. The summed E-state index contributed by atoms with van der Waals surface area (Å²) in [5, 5.41) is 0. The van der Waals surface area contributed by atoms with Gasteiger partial charge in [-0.15, -0.1) is 0 Å². The molecule has 17 heavy (non-hydrogen) atoms. The molecule has 0 bridgehead atoms. The lowest BCUT2D eigenvalue weighted by Crippen LogP contribution is -1.96. The number of alkyl halides is 1. The van der Waals surface area contributed by atoms with Crippen LogP contribution in [-0.4, -0.2) is 18.1 Å². The molecule has 1 rings (SSSR count). The Bertz CT molecular complexity index is 285. The average molecular weight is 348 g/mol. The molecular weight excluding hydrogens is 327 g/mol. The van der Waals surface area contributed by atoms with Crippen molar-refractivity contribution in [3.63, 3.8) is 0 Å². The maximum Gasteiger partial charge on any atom is 0.118 e. The molecule has 0 aliphatic carbocycles. The number of hydrogen-bond donors (Lipinski definition) is 0. The fraction of sp³-hybridized carbons (Fsp3) is 0.571. The molecular formula is C14H21IO2. The number of benzene rings is 1. The van der Waals surface area contributed by atoms with Gasteiger partial charge in [0.25, 0.3) is 0 Å². The van der Waals surface area contributed by atoms with E-state index in [1.807, 2.05) is 12.1 Å². The Morgan fingerprint density at radius 2 is 1.71 bits per heavy atom. The molecule has 0 saturated carbocycles. The van der Waals surface area contributed by atoms with E-state index in [0.29, 0.717) is 6.61 Å². The molecule has 0 radical (unpaired) electrons. The molecule has 0 atom stereocenters. The molecule has 0 aromatic heterocycles. The number of hydrogen-bond acceptors (Lipinski definition) is 2. The molecule has 0 fully saturated rings. The minimum Gasteiger partial charge on any atom is -0.497 e. The summed E-state index contributed by atoms with van der Waals surface area (Å²) < 4.78 is 12.0. The zero-order chi connectivity index (χ0) is 12.3. The van der Waals surface area contributed by atoms with E-state index in [9.17, 15) is 0 Å². The average Bonchev–Trinajstić information content (AvgIpc) is 2.38. The lowest BCUT2D eigenvalue weighted by atomic mass is 10.2. The maximum absolute atomic E-state index is 5.63. The molecule has 0 aliphatic heterocycles. The monoisotopic (exact) mass is 348 g/mol. The highest BCUT2D eigenvalue weighted by molar-refractivity contribution is 14.1. The van der Waals surface area contributed by atoms with Crippen molar-refractivity contribution >= 4 is 22.6 Å². The van der Waals surface area contributed by atoms with Gasteiger partial charge in [-0.25, -0.2) is 0 Å². The van der Waals surface area contributed by atoms with E-state index in [4.69, 9.17) is 9.47 Å². The van der Waals surface area contributed by atoms with Crippen molar-refractivity contribution in [1.29, 1.82) is 0 Å². The molecule has 0 heterocycles. The summed E-state index contributed by atoms with van der Waals surface area (Å²) >= 11 is 2.43. The Hall–Kier alpha value is -0.290. The van der Waals surface area contributed by atoms with E-state index in [1.54, 1.807) is 7.11 Å². The van der Waals surface area contributed by atoms with Crippen LogP contribution >= 0.6 is 22.6 Å². The second kappa shape index (κ2) is 9.71. The topological polar surface area (TPSA) is 18.5 Å². The largest absolute Gasteiger partial charge is 0.497 e. The minimum atomic E-state index is 0.705. The molecule has 1 aromatic carbocycles. The van der Waals surface area contributed by atoms with Gasteiger partial charge < -0.3 is 9.47 Å². The van der Waals surface area contributed by atoms with Crippen molar-refractivity contribution in [1.82, 2.24) is 0 Å². The van der Waals surface area contributed by atoms with Gasteiger partial charge in [0.15, 0.2) is 0 Å². The first-order valence-corrected chi connectivity index (χ1v) is 7.66. The summed E-state index contributed by atoms with van der Waals surface area (Å²) in [5.41, 5.74) is 1.21. The van der Waals surface area contributed by atoms with Crippen molar-refractivity contribution in [2.45, 2.75) is 32.3 Å². The van der Waals surface area contributed by atoms with Gasteiger partial charge in [0, 0.05) is 6.61 Å². The molecule has 0 N–H and O–H groups in total. The molecule has 0 aliphatic rings. The molecule has 96 valence electrons. The smallest absolute Gasteiger partial charge is 0.118 e. The Morgan fingerprint density at radius 3 is 2.35 bits per heavy atom. The number of halogens is 1. The number of unbranched alkanes of at least 4 members (excludes halogenated alkanes) is 3. The van der Waals surface area contributed by atoms with Crippen LogP contribution in [0.15, 0.2) is 24.3 Å². The highest BCUT2D eigenvalue weighted by Gasteiger charge is 1.95. The molecule has 3 heteroatoms. The van der Waals surface area contributed by atoms with Gasteiger partial charge in [0.2, 0.25) is 0 Å². The van der Waals surface area contributed by atoms with Crippen LogP contribution in [0.2, 0.25) is 0 Å². The van der Waals surface area contributed by atoms with Gasteiger partial charge in [0.1, 0.15) is 5.75 Å². The van der Waals surface area contributed by atoms with Gasteiger partial charge in [-0.2, -0.15) is 0 Å². The third kappa shape index (κ3) is 6.88. The Kier molecular flexibility index (Phi) is 8.44. The third-order valence-corrected chi connectivity index (χ3v) is 3.36. The van der Waals surface area contributed by atoms with Crippen LogP contribution in [0.3, 0.4) is 0 Å². The van der Waals surface area contributed by atoms with E-state index in [1.165, 1.54) is 35.7 Å². The highest BCUT2D eigenvalue weighted by atomic mass is 127. The first kappa shape index (κ1) is 14.8. The molecule has 0 spiro atoms. The van der Waals surface area contributed by atoms with Crippen LogP contribution in [0.25, 0.3) is 0 Å². The summed E-state index contributed by atoms with van der Waals surface area (Å²) in [6, 6.07) is 8.04. The first-order valence-electron chi connectivity index (χ1n) is 6.13. The number of ether oxygens (including phenoxy) is 2. The predicted octanol–water partition coefficient (Wildman–Crippen LogP) is 4.21. The van der Waals surface area contributed by atoms with E-state index in [-0.39, 0.29) is 0 Å². The Balaban J connectivity index is 2.05. The molecule has 0 saturated heterocycles. The normalized spacial score (nSPS) is 10.5. The fourth-order valence-corrected chi connectivity index (χ4v) is 2.10. The third-order valence-electron chi connectivity index (χ3n) is 2.60. The van der Waals surface area contributed by atoms with Crippen molar-refractivity contribution < 1.29 is 9.47 Å². The first-order chi connectivity index (χ1) is 8.36. The summed E-state index contributed by atoms with van der Waals surface area (Å²) in [6.45, 7) is 1.57. The second-order valence-corrected chi connectivity index (χ2v) is 5.08.